The van der Waals surface area contributed by atoms with Gasteiger partial charge in [0.05, 0.1) is 0 Å². The topological polar surface area (TPSA) is 9.86 Å². The van der Waals surface area contributed by atoms with Crippen molar-refractivity contribution >= 4 is 105 Å². The van der Waals surface area contributed by atoms with Gasteiger partial charge in [0.25, 0.3) is 0 Å². The first-order chi connectivity index (χ1) is 37.7. The molecule has 0 saturated heterocycles. The third-order valence-electron chi connectivity index (χ3n) is 16.5. The van der Waals surface area contributed by atoms with Crippen molar-refractivity contribution in [2.24, 2.45) is 0 Å². The average molecular weight is 1090 g/mol. The van der Waals surface area contributed by atoms with E-state index in [4.69, 9.17) is 0 Å². The summed E-state index contributed by atoms with van der Waals surface area (Å²) in [4.78, 5) is 0. The van der Waals surface area contributed by atoms with E-state index in [1.807, 2.05) is 0 Å². The second kappa shape index (κ2) is 18.0. The van der Waals surface area contributed by atoms with Gasteiger partial charge in [0.1, 0.15) is 0 Å². The summed E-state index contributed by atoms with van der Waals surface area (Å²) < 4.78 is 16.6. The Morgan fingerprint density at radius 2 is 0.526 bits per heavy atom. The number of benzene rings is 12. The Balaban J connectivity index is 1.14. The first-order valence-corrected chi connectivity index (χ1v) is 34.8. The number of nitrogens with zero attached hydrogens (tertiary/aromatic N) is 2. The first kappa shape index (κ1) is 44.8. The molecule has 12 aromatic carbocycles. The molecule has 15 rings (SSSR count). The van der Waals surface area contributed by atoms with Gasteiger partial charge in [-0.1, -0.05) is 0 Å². The molecule has 0 unspecified atom stereocenters. The zero-order valence-electron chi connectivity index (χ0n) is 41.8. The van der Waals surface area contributed by atoms with Gasteiger partial charge in [-0.2, -0.15) is 0 Å². The molecule has 4 heteroatoms. The molecule has 0 bridgehead atoms. The van der Waals surface area contributed by atoms with Gasteiger partial charge in [-0.15, -0.1) is 0 Å². The van der Waals surface area contributed by atoms with E-state index in [-0.39, 0.29) is 0 Å². The van der Waals surface area contributed by atoms with Crippen LogP contribution in [0.15, 0.2) is 303 Å². The number of hydrogen-bond acceptors (Lipinski definition) is 0. The van der Waals surface area contributed by atoms with Gasteiger partial charge in [-0.25, -0.2) is 0 Å². The van der Waals surface area contributed by atoms with Gasteiger partial charge in [0, 0.05) is 0 Å². The fourth-order valence-corrected chi connectivity index (χ4v) is 38.8. The Morgan fingerprint density at radius 3 is 0.908 bits per heavy atom. The van der Waals surface area contributed by atoms with Gasteiger partial charge < -0.3 is 0 Å². The quantitative estimate of drug-likeness (QED) is 0.141. The molecule has 0 atom stereocenters. The van der Waals surface area contributed by atoms with Crippen LogP contribution in [-0.2, 0) is 0 Å². The summed E-state index contributed by atoms with van der Waals surface area (Å²) in [6, 6.07) is 116. The van der Waals surface area contributed by atoms with E-state index < -0.39 is 26.5 Å². The van der Waals surface area contributed by atoms with E-state index in [2.05, 4.69) is 312 Å². The predicted octanol–water partition coefficient (Wildman–Crippen LogP) is 12.3. The maximum atomic E-state index is 2.70. The molecular weight excluding hydrogens is 1040 g/mol. The summed E-state index contributed by atoms with van der Waals surface area (Å²) in [7, 11) is 0. The Morgan fingerprint density at radius 1 is 0.211 bits per heavy atom. The van der Waals surface area contributed by atoms with E-state index >= 15 is 0 Å². The van der Waals surface area contributed by atoms with Crippen LogP contribution >= 0.6 is 0 Å². The molecule has 0 spiro atoms. The van der Waals surface area contributed by atoms with Crippen LogP contribution in [0.1, 0.15) is 0 Å². The van der Waals surface area contributed by atoms with Crippen molar-refractivity contribution in [2.45, 2.75) is 0 Å². The molecule has 0 amide bonds. The van der Waals surface area contributed by atoms with Crippen molar-refractivity contribution in [1.82, 2.24) is 9.13 Å². The first-order valence-electron chi connectivity index (χ1n) is 26.4. The number of para-hydroxylation sites is 4. The Labute approximate surface area is 448 Å². The second-order valence-corrected chi connectivity index (χ2v) is 36.0. The number of aromatic nitrogens is 2. The van der Waals surface area contributed by atoms with E-state index in [9.17, 15) is 0 Å². The molecule has 0 aliphatic carbocycles. The average Bonchev–Trinajstić information content (AvgIpc) is 4.17. The van der Waals surface area contributed by atoms with Crippen LogP contribution in [0.2, 0.25) is 0 Å². The molecule has 2 aromatic heterocycles. The van der Waals surface area contributed by atoms with Crippen molar-refractivity contribution in [2.75, 3.05) is 0 Å². The third kappa shape index (κ3) is 6.60. The van der Waals surface area contributed by atoms with Gasteiger partial charge in [0.15, 0.2) is 0 Å². The molecule has 76 heavy (non-hydrogen) atoms. The van der Waals surface area contributed by atoms with Crippen LogP contribution in [-0.4, -0.2) is 35.7 Å². The van der Waals surface area contributed by atoms with E-state index in [1.54, 1.807) is 0 Å². The molecular formula is C72H50Ge2N2. The van der Waals surface area contributed by atoms with Gasteiger partial charge in [0.2, 0.25) is 0 Å². The number of rotatable bonds is 7. The van der Waals surface area contributed by atoms with Crippen molar-refractivity contribution in [3.05, 3.63) is 303 Å². The Kier molecular flexibility index (Phi) is 10.6. The van der Waals surface area contributed by atoms with Crippen molar-refractivity contribution in [1.29, 1.82) is 0 Å². The monoisotopic (exact) mass is 1090 g/mol. The minimum absolute atomic E-state index is 1.12. The predicted molar refractivity (Wildman–Crippen MR) is 327 cm³/mol. The van der Waals surface area contributed by atoms with Crippen LogP contribution < -0.4 is 35.2 Å². The zero-order chi connectivity index (χ0) is 50.2. The van der Waals surface area contributed by atoms with E-state index in [0.717, 1.165) is 11.4 Å². The van der Waals surface area contributed by atoms with Crippen molar-refractivity contribution in [3.63, 3.8) is 0 Å². The summed E-state index contributed by atoms with van der Waals surface area (Å²) in [6.45, 7) is 0. The van der Waals surface area contributed by atoms with Crippen molar-refractivity contribution in [3.8, 4) is 33.6 Å². The summed E-state index contributed by atoms with van der Waals surface area (Å²) >= 11 is -8.24. The molecule has 1 aliphatic heterocycles. The summed E-state index contributed by atoms with van der Waals surface area (Å²) in [5, 5.41) is 4.98. The summed E-state index contributed by atoms with van der Waals surface area (Å²) in [5.74, 6) is 0. The summed E-state index contributed by atoms with van der Waals surface area (Å²) in [6.07, 6.45) is 0. The molecule has 1 aliphatic rings. The molecule has 0 N–H and O–H groups in total. The van der Waals surface area contributed by atoms with Crippen LogP contribution in [0, 0.1) is 0 Å². The van der Waals surface area contributed by atoms with Crippen molar-refractivity contribution < 1.29 is 0 Å². The van der Waals surface area contributed by atoms with Gasteiger partial charge >= 0.3 is 451 Å². The van der Waals surface area contributed by atoms with Crippen LogP contribution in [0.25, 0.3) is 77.2 Å². The SMILES string of the molecule is c1cc[c]([Ge]2([c]3ccccc3)[c]3ccccc3-c3cccc[c]3[Ge]([c]3ccccc3)([c]3ccccc3)[c]3cc(-c4cc(-n5c6ccccc6c6ccccc65)cc(-n5c6ccccc6c6ccccc65)c4)cc[c]32)cc1. The fraction of sp³-hybridized carbons (Fsp3) is 0. The maximum absolute atomic E-state index is 4.17. The minimum atomic E-state index is -4.17. The molecule has 2 nitrogen and oxygen atoms in total. The molecule has 0 fully saturated rings. The normalized spacial score (nSPS) is 13.5. The Bertz CT molecular complexity index is 4200. The summed E-state index contributed by atoms with van der Waals surface area (Å²) in [5.41, 5.74) is 12.1. The van der Waals surface area contributed by atoms with E-state index in [0.29, 0.717) is 0 Å². The standard InChI is InChI=1S/C72H50Ge2N2/c1-5-25-53(26-6-1)73(54-27-7-2-8-28-54)65-39-19-13-33-59(65)60-34-14-20-40-66(60)74(55-29-9-3-10-30-55,56-31-11-4-12-32-56)68-49-51(45-46-67(68)73)52-47-57(75-69-41-21-15-35-61(69)62-36-16-22-42-70(62)75)50-58(48-52)76-71-43-23-17-37-63(71)64-38-18-24-44-72(64)76/h1-50H. The molecule has 14 aromatic rings. The second-order valence-electron chi connectivity index (χ2n) is 20.3. The number of hydrogen-bond donors (Lipinski definition) is 0. The molecule has 3 heterocycles. The fourth-order valence-electron chi connectivity index (χ4n) is 13.5. The Hall–Kier alpha value is -8.67. The van der Waals surface area contributed by atoms with Crippen LogP contribution in [0.5, 0.6) is 0 Å². The molecule has 356 valence electrons. The molecule has 0 saturated carbocycles. The van der Waals surface area contributed by atoms with Crippen LogP contribution in [0.3, 0.4) is 0 Å². The zero-order valence-corrected chi connectivity index (χ0v) is 46.0. The van der Waals surface area contributed by atoms with Crippen LogP contribution in [0.4, 0.5) is 0 Å². The van der Waals surface area contributed by atoms with Gasteiger partial charge in [-0.05, 0) is 0 Å². The van der Waals surface area contributed by atoms with Gasteiger partial charge in [-0.3, -0.25) is 0 Å². The number of fused-ring (bicyclic) bond motifs is 10. The molecule has 0 radical (unpaired) electrons. The third-order valence-corrected chi connectivity index (χ3v) is 38.1. The van der Waals surface area contributed by atoms with E-state index in [1.165, 1.54) is 101 Å².